The fourth-order valence-corrected chi connectivity index (χ4v) is 5.61. The Labute approximate surface area is 139 Å². The molecule has 1 aliphatic carbocycles. The maximum Gasteiger partial charge on any atom is 0.185 e. The monoisotopic (exact) mass is 328 g/mol. The molecule has 0 spiro atoms. The second kappa shape index (κ2) is 6.88. The fraction of sp³-hybridized carbons (Fsp3) is 0.400. The Balaban J connectivity index is 1.97. The summed E-state index contributed by atoms with van der Waals surface area (Å²) in [6, 6.07) is 13.3. The van der Waals surface area contributed by atoms with Crippen LogP contribution in [0.15, 0.2) is 60.0 Å². The molecule has 3 heteroatoms. The van der Waals surface area contributed by atoms with Crippen LogP contribution in [0.3, 0.4) is 0 Å². The van der Waals surface area contributed by atoms with Gasteiger partial charge in [-0.15, -0.1) is 6.58 Å². The summed E-state index contributed by atoms with van der Waals surface area (Å²) in [4.78, 5) is 0.422. The molecule has 23 heavy (non-hydrogen) atoms. The summed E-state index contributed by atoms with van der Waals surface area (Å²) in [6.07, 6.45) is 8.32. The SMILES string of the molecule is C=C[C@@H](C1CCCCCC1)S(=O)(=O)c1ccc2ccccc2c1. The van der Waals surface area contributed by atoms with Crippen LogP contribution in [0.2, 0.25) is 0 Å². The topological polar surface area (TPSA) is 34.1 Å². The van der Waals surface area contributed by atoms with E-state index in [4.69, 9.17) is 0 Å². The first kappa shape index (κ1) is 16.3. The Hall–Kier alpha value is -1.61. The minimum atomic E-state index is -3.38. The number of rotatable bonds is 4. The van der Waals surface area contributed by atoms with Crippen LogP contribution in [0.25, 0.3) is 10.8 Å². The summed E-state index contributed by atoms with van der Waals surface area (Å²) >= 11 is 0. The standard InChI is InChI=1S/C20H24O2S/c1-2-20(17-10-5-3-4-6-11-17)23(21,22)19-14-13-16-9-7-8-12-18(16)15-19/h2,7-9,12-15,17,20H,1,3-6,10-11H2/t20-/m0/s1. The zero-order valence-corrected chi connectivity index (χ0v) is 14.3. The predicted molar refractivity (Wildman–Crippen MR) is 96.3 cm³/mol. The molecule has 122 valence electrons. The van der Waals surface area contributed by atoms with Crippen molar-refractivity contribution in [3.05, 3.63) is 55.1 Å². The van der Waals surface area contributed by atoms with Crippen LogP contribution in [0.1, 0.15) is 38.5 Å². The van der Waals surface area contributed by atoms with E-state index in [0.29, 0.717) is 4.90 Å². The van der Waals surface area contributed by atoms with Crippen molar-refractivity contribution < 1.29 is 8.42 Å². The van der Waals surface area contributed by atoms with Gasteiger partial charge in [0.2, 0.25) is 0 Å². The Morgan fingerprint density at radius 1 is 0.957 bits per heavy atom. The number of sulfone groups is 1. The highest BCUT2D eigenvalue weighted by Crippen LogP contribution is 2.33. The van der Waals surface area contributed by atoms with Crippen molar-refractivity contribution in [2.24, 2.45) is 5.92 Å². The lowest BCUT2D eigenvalue weighted by Gasteiger charge is -2.23. The van der Waals surface area contributed by atoms with Crippen LogP contribution >= 0.6 is 0 Å². The second-order valence-electron chi connectivity index (χ2n) is 6.51. The van der Waals surface area contributed by atoms with E-state index in [1.165, 1.54) is 12.8 Å². The van der Waals surface area contributed by atoms with Crippen LogP contribution < -0.4 is 0 Å². The molecule has 2 aromatic carbocycles. The van der Waals surface area contributed by atoms with Gasteiger partial charge in [0.25, 0.3) is 0 Å². The van der Waals surface area contributed by atoms with Gasteiger partial charge in [0, 0.05) is 0 Å². The zero-order valence-electron chi connectivity index (χ0n) is 13.4. The van der Waals surface area contributed by atoms with E-state index in [0.717, 1.165) is 36.5 Å². The van der Waals surface area contributed by atoms with Gasteiger partial charge >= 0.3 is 0 Å². The van der Waals surface area contributed by atoms with E-state index < -0.39 is 15.1 Å². The van der Waals surface area contributed by atoms with Crippen molar-refractivity contribution in [3.63, 3.8) is 0 Å². The van der Waals surface area contributed by atoms with Gasteiger partial charge in [0.15, 0.2) is 9.84 Å². The Bertz CT molecular complexity index is 784. The highest BCUT2D eigenvalue weighted by molar-refractivity contribution is 7.92. The third-order valence-corrected chi connectivity index (χ3v) is 7.21. The highest BCUT2D eigenvalue weighted by Gasteiger charge is 2.32. The number of hydrogen-bond acceptors (Lipinski definition) is 2. The van der Waals surface area contributed by atoms with Crippen molar-refractivity contribution >= 4 is 20.6 Å². The molecule has 1 fully saturated rings. The maximum absolute atomic E-state index is 13.1. The largest absolute Gasteiger partial charge is 0.223 e. The van der Waals surface area contributed by atoms with E-state index in [-0.39, 0.29) is 5.92 Å². The van der Waals surface area contributed by atoms with Gasteiger partial charge in [0.05, 0.1) is 10.1 Å². The highest BCUT2D eigenvalue weighted by atomic mass is 32.2. The van der Waals surface area contributed by atoms with Gasteiger partial charge in [-0.3, -0.25) is 0 Å². The van der Waals surface area contributed by atoms with Gasteiger partial charge < -0.3 is 0 Å². The molecular formula is C20H24O2S. The molecule has 0 heterocycles. The van der Waals surface area contributed by atoms with Gasteiger partial charge in [-0.05, 0) is 41.7 Å². The summed E-state index contributed by atoms with van der Waals surface area (Å²) in [6.45, 7) is 3.84. The van der Waals surface area contributed by atoms with Crippen LogP contribution in [0, 0.1) is 5.92 Å². The quantitative estimate of drug-likeness (QED) is 0.575. The Morgan fingerprint density at radius 2 is 1.61 bits per heavy atom. The summed E-state index contributed by atoms with van der Waals surface area (Å²) in [7, 11) is -3.38. The average Bonchev–Trinajstić information content (AvgIpc) is 2.84. The summed E-state index contributed by atoms with van der Waals surface area (Å²) < 4.78 is 26.3. The third-order valence-electron chi connectivity index (χ3n) is 5.00. The predicted octanol–water partition coefficient (Wildman–Crippen LogP) is 5.14. The van der Waals surface area contributed by atoms with E-state index >= 15 is 0 Å². The first-order valence-corrected chi connectivity index (χ1v) is 10.0. The minimum Gasteiger partial charge on any atom is -0.223 e. The molecule has 1 atom stereocenters. The first-order chi connectivity index (χ1) is 11.1. The number of benzene rings is 2. The Morgan fingerprint density at radius 3 is 2.26 bits per heavy atom. The van der Waals surface area contributed by atoms with Crippen molar-refractivity contribution in [1.82, 2.24) is 0 Å². The normalized spacial score (nSPS) is 18.4. The zero-order chi connectivity index (χ0) is 16.3. The Kier molecular flexibility index (Phi) is 4.86. The molecule has 0 radical (unpaired) electrons. The molecule has 3 rings (SSSR count). The van der Waals surface area contributed by atoms with Gasteiger partial charge in [0.1, 0.15) is 0 Å². The van der Waals surface area contributed by atoms with Crippen LogP contribution in [0.4, 0.5) is 0 Å². The first-order valence-electron chi connectivity index (χ1n) is 8.48. The fourth-order valence-electron chi connectivity index (χ4n) is 3.71. The molecule has 0 aromatic heterocycles. The lowest BCUT2D eigenvalue weighted by Crippen LogP contribution is -2.28. The molecule has 1 saturated carbocycles. The molecule has 0 bridgehead atoms. The smallest absolute Gasteiger partial charge is 0.185 e. The lowest BCUT2D eigenvalue weighted by molar-refractivity contribution is 0.455. The summed E-state index contributed by atoms with van der Waals surface area (Å²) in [5.41, 5.74) is 0. The average molecular weight is 328 g/mol. The van der Waals surface area contributed by atoms with Crippen LogP contribution in [-0.4, -0.2) is 13.7 Å². The molecule has 0 unspecified atom stereocenters. The van der Waals surface area contributed by atoms with Crippen molar-refractivity contribution in [2.75, 3.05) is 0 Å². The van der Waals surface area contributed by atoms with Gasteiger partial charge in [-0.2, -0.15) is 0 Å². The van der Waals surface area contributed by atoms with E-state index in [2.05, 4.69) is 6.58 Å². The molecule has 2 nitrogen and oxygen atoms in total. The van der Waals surface area contributed by atoms with Crippen LogP contribution in [0.5, 0.6) is 0 Å². The van der Waals surface area contributed by atoms with Crippen LogP contribution in [-0.2, 0) is 9.84 Å². The lowest BCUT2D eigenvalue weighted by atomic mass is 9.96. The molecule has 0 N–H and O–H groups in total. The number of fused-ring (bicyclic) bond motifs is 1. The molecule has 1 aliphatic rings. The van der Waals surface area contributed by atoms with E-state index in [1.54, 1.807) is 18.2 Å². The van der Waals surface area contributed by atoms with E-state index in [9.17, 15) is 8.42 Å². The molecule has 0 saturated heterocycles. The van der Waals surface area contributed by atoms with E-state index in [1.807, 2.05) is 30.3 Å². The van der Waals surface area contributed by atoms with Gasteiger partial charge in [-0.1, -0.05) is 62.1 Å². The molecule has 2 aromatic rings. The maximum atomic E-state index is 13.1. The summed E-state index contributed by atoms with van der Waals surface area (Å²) in [5, 5.41) is 1.56. The van der Waals surface area contributed by atoms with Crippen molar-refractivity contribution in [1.29, 1.82) is 0 Å². The second-order valence-corrected chi connectivity index (χ2v) is 8.61. The molecule has 0 amide bonds. The number of hydrogen-bond donors (Lipinski definition) is 0. The minimum absolute atomic E-state index is 0.200. The molecule has 0 aliphatic heterocycles. The summed E-state index contributed by atoms with van der Waals surface area (Å²) in [5.74, 6) is 0.200. The van der Waals surface area contributed by atoms with Gasteiger partial charge in [-0.25, -0.2) is 8.42 Å². The van der Waals surface area contributed by atoms with Crippen molar-refractivity contribution in [2.45, 2.75) is 48.7 Å². The third kappa shape index (κ3) is 3.35. The molecular weight excluding hydrogens is 304 g/mol. The van der Waals surface area contributed by atoms with Crippen molar-refractivity contribution in [3.8, 4) is 0 Å².